The zero-order valence-corrected chi connectivity index (χ0v) is 10.4. The van der Waals surface area contributed by atoms with Crippen LogP contribution in [0.3, 0.4) is 0 Å². The zero-order chi connectivity index (χ0) is 13.6. The molecule has 0 saturated carbocycles. The molecule has 18 heavy (non-hydrogen) atoms. The topological polar surface area (TPSA) is 21.6 Å². The first-order valence-electron chi connectivity index (χ1n) is 5.62. The van der Waals surface area contributed by atoms with E-state index < -0.39 is 11.8 Å². The van der Waals surface area contributed by atoms with E-state index in [9.17, 15) is 13.2 Å². The van der Waals surface area contributed by atoms with Crippen LogP contribution in [0.25, 0.3) is 0 Å². The molecule has 0 amide bonds. The van der Waals surface area contributed by atoms with Crippen LogP contribution in [0.4, 0.5) is 13.2 Å². The number of alkyl halides is 3. The molecule has 1 aliphatic heterocycles. The van der Waals surface area contributed by atoms with Crippen molar-refractivity contribution in [3.8, 4) is 0 Å². The summed E-state index contributed by atoms with van der Waals surface area (Å²) in [5.41, 5.74) is -0.295. The van der Waals surface area contributed by atoms with Gasteiger partial charge in [-0.3, -0.25) is 0 Å². The lowest BCUT2D eigenvalue weighted by Gasteiger charge is -2.30. The normalized spacial score (nSPS) is 23.8. The maximum absolute atomic E-state index is 13.3. The Morgan fingerprint density at radius 3 is 2.06 bits per heavy atom. The molecule has 1 aromatic rings. The van der Waals surface area contributed by atoms with E-state index >= 15 is 0 Å². The first kappa shape index (κ1) is 12.9. The van der Waals surface area contributed by atoms with E-state index in [1.54, 1.807) is 13.8 Å². The highest BCUT2D eigenvalue weighted by Gasteiger charge is 2.61. The third kappa shape index (κ3) is 1.98. The summed E-state index contributed by atoms with van der Waals surface area (Å²) in [4.78, 5) is 4.78. The van der Waals surface area contributed by atoms with Gasteiger partial charge < -0.3 is 4.84 Å². The second-order valence-corrected chi connectivity index (χ2v) is 4.80. The van der Waals surface area contributed by atoms with Gasteiger partial charge in [-0.2, -0.15) is 13.2 Å². The summed E-state index contributed by atoms with van der Waals surface area (Å²) in [7, 11) is 0. The van der Waals surface area contributed by atoms with Crippen LogP contribution in [0.2, 0.25) is 0 Å². The minimum absolute atomic E-state index is 0.119. The highest BCUT2D eigenvalue weighted by atomic mass is 19.4. The number of oxime groups is 1. The van der Waals surface area contributed by atoms with Gasteiger partial charge in [0.1, 0.15) is 0 Å². The Bertz CT molecular complexity index is 487. The molecule has 1 atom stereocenters. The monoisotopic (exact) mass is 257 g/mol. The highest BCUT2D eigenvalue weighted by molar-refractivity contribution is 5.84. The van der Waals surface area contributed by atoms with E-state index in [2.05, 4.69) is 5.16 Å². The fraction of sp³-hybridized carbons (Fsp3) is 0.462. The highest BCUT2D eigenvalue weighted by Crippen LogP contribution is 2.48. The van der Waals surface area contributed by atoms with Gasteiger partial charge in [0.2, 0.25) is 0 Å². The van der Waals surface area contributed by atoms with Gasteiger partial charge in [-0.05, 0) is 20.8 Å². The predicted octanol–water partition coefficient (Wildman–Crippen LogP) is 3.86. The van der Waals surface area contributed by atoms with Gasteiger partial charge in [0.05, 0.1) is 5.71 Å². The number of aryl methyl sites for hydroxylation is 2. The second-order valence-electron chi connectivity index (χ2n) is 4.80. The van der Waals surface area contributed by atoms with Crippen molar-refractivity contribution in [1.29, 1.82) is 0 Å². The first-order chi connectivity index (χ1) is 8.24. The maximum Gasteiger partial charge on any atom is 0.435 e. The number of rotatable bonds is 1. The molecule has 1 aliphatic rings. The van der Waals surface area contributed by atoms with Gasteiger partial charge in [0.25, 0.3) is 5.60 Å². The Labute approximate surface area is 103 Å². The number of nitrogens with zero attached hydrogens (tertiary/aromatic N) is 1. The first-order valence-corrected chi connectivity index (χ1v) is 5.62. The fourth-order valence-electron chi connectivity index (χ4n) is 2.26. The zero-order valence-electron chi connectivity index (χ0n) is 10.4. The minimum Gasteiger partial charge on any atom is -0.374 e. The fourth-order valence-corrected chi connectivity index (χ4v) is 2.26. The molecule has 98 valence electrons. The molecule has 1 aromatic carbocycles. The van der Waals surface area contributed by atoms with E-state index in [0.717, 1.165) is 11.1 Å². The molecule has 2 rings (SSSR count). The summed E-state index contributed by atoms with van der Waals surface area (Å²) >= 11 is 0. The molecule has 0 N–H and O–H groups in total. The van der Waals surface area contributed by atoms with E-state index in [4.69, 9.17) is 4.84 Å². The molecule has 0 radical (unpaired) electrons. The Hall–Kier alpha value is -1.52. The SMILES string of the molecule is CC1=NOC(c2cc(C)cc(C)c2)(C(F)(F)F)C1. The molecule has 0 fully saturated rings. The Kier molecular flexibility index (Phi) is 2.87. The quantitative estimate of drug-likeness (QED) is 0.748. The van der Waals surface area contributed by atoms with E-state index in [-0.39, 0.29) is 12.0 Å². The van der Waals surface area contributed by atoms with E-state index in [1.807, 2.05) is 6.07 Å². The van der Waals surface area contributed by atoms with Crippen molar-refractivity contribution in [3.63, 3.8) is 0 Å². The number of hydrogen-bond acceptors (Lipinski definition) is 2. The molecule has 1 heterocycles. The molecule has 1 unspecified atom stereocenters. The smallest absolute Gasteiger partial charge is 0.374 e. The van der Waals surface area contributed by atoms with Gasteiger partial charge in [0.15, 0.2) is 0 Å². The standard InChI is InChI=1S/C13H14F3NO/c1-8-4-9(2)6-11(5-8)12(13(14,15)16)7-10(3)17-18-12/h4-6H,7H2,1-3H3. The molecular formula is C13H14F3NO. The number of benzene rings is 1. The van der Waals surface area contributed by atoms with E-state index in [0.29, 0.717) is 5.71 Å². The third-order valence-electron chi connectivity index (χ3n) is 3.01. The minimum atomic E-state index is -4.49. The van der Waals surface area contributed by atoms with Gasteiger partial charge in [-0.15, -0.1) is 0 Å². The molecule has 0 aromatic heterocycles. The Balaban J connectivity index is 2.55. The number of halogens is 3. The van der Waals surface area contributed by atoms with Gasteiger partial charge >= 0.3 is 6.18 Å². The molecule has 0 saturated heterocycles. The summed E-state index contributed by atoms with van der Waals surface area (Å²) in [6.45, 7) is 5.07. The summed E-state index contributed by atoms with van der Waals surface area (Å²) in [6.07, 6.45) is -4.74. The maximum atomic E-state index is 13.3. The molecule has 5 heteroatoms. The van der Waals surface area contributed by atoms with Crippen LogP contribution < -0.4 is 0 Å². The van der Waals surface area contributed by atoms with Crippen LogP contribution in [0.5, 0.6) is 0 Å². The third-order valence-corrected chi connectivity index (χ3v) is 3.01. The van der Waals surface area contributed by atoms with Crippen LogP contribution in [-0.2, 0) is 10.4 Å². The van der Waals surface area contributed by atoms with Crippen molar-refractivity contribution in [2.75, 3.05) is 0 Å². The average Bonchev–Trinajstić information content (AvgIpc) is 2.59. The van der Waals surface area contributed by atoms with Crippen molar-refractivity contribution in [3.05, 3.63) is 34.9 Å². The van der Waals surface area contributed by atoms with Crippen molar-refractivity contribution in [2.45, 2.75) is 39.0 Å². The van der Waals surface area contributed by atoms with Crippen LogP contribution in [0, 0.1) is 13.8 Å². The molecular weight excluding hydrogens is 243 g/mol. The van der Waals surface area contributed by atoms with Crippen LogP contribution in [0.1, 0.15) is 30.0 Å². The largest absolute Gasteiger partial charge is 0.435 e. The van der Waals surface area contributed by atoms with Crippen LogP contribution in [0.15, 0.2) is 23.4 Å². The Morgan fingerprint density at radius 2 is 1.67 bits per heavy atom. The summed E-state index contributed by atoms with van der Waals surface area (Å²) in [5, 5.41) is 3.49. The van der Waals surface area contributed by atoms with Gasteiger partial charge in [0, 0.05) is 12.0 Å². The molecule has 0 aliphatic carbocycles. The van der Waals surface area contributed by atoms with Gasteiger partial charge in [-0.25, -0.2) is 0 Å². The van der Waals surface area contributed by atoms with Crippen molar-refractivity contribution in [2.24, 2.45) is 5.16 Å². The van der Waals surface area contributed by atoms with Gasteiger partial charge in [-0.1, -0.05) is 34.5 Å². The summed E-state index contributed by atoms with van der Waals surface area (Å²) in [6, 6.07) is 4.85. The average molecular weight is 257 g/mol. The lowest BCUT2D eigenvalue weighted by molar-refractivity contribution is -0.275. The molecule has 2 nitrogen and oxygen atoms in total. The molecule has 0 spiro atoms. The van der Waals surface area contributed by atoms with E-state index in [1.165, 1.54) is 19.1 Å². The van der Waals surface area contributed by atoms with Crippen LogP contribution in [-0.4, -0.2) is 11.9 Å². The summed E-state index contributed by atoms with van der Waals surface area (Å²) in [5.74, 6) is 0. The molecule has 0 bridgehead atoms. The van der Waals surface area contributed by atoms with Crippen LogP contribution >= 0.6 is 0 Å². The predicted molar refractivity (Wildman–Crippen MR) is 62.5 cm³/mol. The van der Waals surface area contributed by atoms with Crippen molar-refractivity contribution < 1.29 is 18.0 Å². The lowest BCUT2D eigenvalue weighted by Crippen LogP contribution is -2.42. The number of hydrogen-bond donors (Lipinski definition) is 0. The summed E-state index contributed by atoms with van der Waals surface area (Å²) < 4.78 is 40.0. The second kappa shape index (κ2) is 4.00. The lowest BCUT2D eigenvalue weighted by atomic mass is 9.86. The van der Waals surface area contributed by atoms with Crippen molar-refractivity contribution >= 4 is 5.71 Å². The van der Waals surface area contributed by atoms with Crippen molar-refractivity contribution in [1.82, 2.24) is 0 Å². The Morgan fingerprint density at radius 1 is 1.11 bits per heavy atom.